The number of halogens is 2. The Labute approximate surface area is 175 Å². The lowest BCUT2D eigenvalue weighted by atomic mass is 10.2. The van der Waals surface area contributed by atoms with E-state index in [0.717, 1.165) is 36.4 Å². The summed E-state index contributed by atoms with van der Waals surface area (Å²) in [5.41, 5.74) is 5.92. The molecular weight excluding hydrogens is 428 g/mol. The van der Waals surface area contributed by atoms with Gasteiger partial charge in [-0.15, -0.1) is 12.6 Å². The Morgan fingerprint density at radius 2 is 2.18 bits per heavy atom. The molecule has 1 aromatic carbocycles. The zero-order valence-corrected chi connectivity index (χ0v) is 17.4. The van der Waals surface area contributed by atoms with Gasteiger partial charge in [0.25, 0.3) is 0 Å². The zero-order valence-electron chi connectivity index (χ0n) is 14.8. The van der Waals surface area contributed by atoms with Gasteiger partial charge >= 0.3 is 0 Å². The quantitative estimate of drug-likeness (QED) is 0.0774. The van der Waals surface area contributed by atoms with Crippen molar-refractivity contribution in [3.05, 3.63) is 52.3 Å². The SMILES string of the molecule is COc1cc(NSO/C(S)=C(\C)N=CN)nc(SCc2cccc(F)c2F)n1. The lowest BCUT2D eigenvalue weighted by Gasteiger charge is -2.09. The molecule has 0 unspecified atom stereocenters. The summed E-state index contributed by atoms with van der Waals surface area (Å²) in [5.74, 6) is -0.945. The number of rotatable bonds is 9. The summed E-state index contributed by atoms with van der Waals surface area (Å²) in [4.78, 5) is 12.3. The first kappa shape index (κ1) is 22.1. The number of aromatic nitrogens is 2. The van der Waals surface area contributed by atoms with E-state index < -0.39 is 11.6 Å². The number of nitrogens with two attached hydrogens (primary N) is 1. The molecule has 0 amide bonds. The molecule has 0 spiro atoms. The number of thioether (sulfide) groups is 1. The van der Waals surface area contributed by atoms with Crippen molar-refractivity contribution in [3.63, 3.8) is 0 Å². The maximum Gasteiger partial charge on any atom is 0.219 e. The average molecular weight is 446 g/mol. The largest absolute Gasteiger partial charge is 0.481 e. The zero-order chi connectivity index (χ0) is 20.5. The Morgan fingerprint density at radius 3 is 2.89 bits per heavy atom. The standard InChI is InChI=1S/C16H17F2N5O2S3/c1-9(20-8-19)15(26)25-28-23-12-6-13(24-2)22-16(21-12)27-7-10-4-3-5-11(17)14(10)18/h3-6,8,26H,7H2,1-2H3,(H2,19,20)(H,21,22,23)/b15-9-. The van der Waals surface area contributed by atoms with Gasteiger partial charge in [0.05, 0.1) is 19.1 Å². The van der Waals surface area contributed by atoms with Crippen LogP contribution in [0, 0.1) is 11.6 Å². The van der Waals surface area contributed by atoms with E-state index in [1.807, 2.05) is 0 Å². The Balaban J connectivity index is 2.04. The minimum Gasteiger partial charge on any atom is -0.481 e. The molecule has 3 N–H and O–H groups in total. The van der Waals surface area contributed by atoms with E-state index in [4.69, 9.17) is 14.7 Å². The van der Waals surface area contributed by atoms with Gasteiger partial charge < -0.3 is 14.7 Å². The van der Waals surface area contributed by atoms with Crippen molar-refractivity contribution in [2.75, 3.05) is 11.8 Å². The highest BCUT2D eigenvalue weighted by Crippen LogP contribution is 2.27. The number of methoxy groups -OCH3 is 1. The number of anilines is 1. The van der Waals surface area contributed by atoms with E-state index in [9.17, 15) is 8.78 Å². The molecule has 1 aromatic heterocycles. The number of benzene rings is 1. The minimum atomic E-state index is -0.898. The second-order valence-corrected chi connectivity index (χ2v) is 6.90. The summed E-state index contributed by atoms with van der Waals surface area (Å²) in [6, 6.07) is 5.56. The Bertz CT molecular complexity index is 883. The predicted octanol–water partition coefficient (Wildman–Crippen LogP) is 4.15. The molecule has 0 fully saturated rings. The summed E-state index contributed by atoms with van der Waals surface area (Å²) in [6.07, 6.45) is 1.13. The molecule has 0 atom stereocenters. The Hall–Kier alpha value is -2.18. The highest BCUT2D eigenvalue weighted by molar-refractivity contribution is 7.98. The van der Waals surface area contributed by atoms with Gasteiger partial charge in [-0.3, -0.25) is 4.72 Å². The number of hydrogen-bond donors (Lipinski definition) is 3. The van der Waals surface area contributed by atoms with Crippen LogP contribution in [-0.2, 0) is 9.94 Å². The number of allylic oxidation sites excluding steroid dienone is 1. The van der Waals surface area contributed by atoms with Crippen LogP contribution in [0.5, 0.6) is 5.88 Å². The number of aliphatic imine (C=N–C) groups is 1. The maximum absolute atomic E-state index is 13.8. The summed E-state index contributed by atoms with van der Waals surface area (Å²) in [5, 5.41) is 0.577. The molecule has 0 aliphatic carbocycles. The number of nitrogens with one attached hydrogen (secondary N) is 1. The van der Waals surface area contributed by atoms with E-state index in [0.29, 0.717) is 22.6 Å². The van der Waals surface area contributed by atoms with Crippen LogP contribution in [0.4, 0.5) is 14.6 Å². The van der Waals surface area contributed by atoms with Crippen molar-refractivity contribution < 1.29 is 17.7 Å². The molecule has 0 saturated heterocycles. The Morgan fingerprint density at radius 1 is 1.39 bits per heavy atom. The van der Waals surface area contributed by atoms with E-state index in [-0.39, 0.29) is 16.4 Å². The van der Waals surface area contributed by atoms with Crippen LogP contribution < -0.4 is 15.2 Å². The molecule has 0 radical (unpaired) electrons. The second kappa shape index (κ2) is 11.0. The highest BCUT2D eigenvalue weighted by Gasteiger charge is 2.11. The summed E-state index contributed by atoms with van der Waals surface area (Å²) < 4.78 is 40.4. The van der Waals surface area contributed by atoms with Crippen LogP contribution in [0.25, 0.3) is 0 Å². The van der Waals surface area contributed by atoms with Gasteiger partial charge in [0.15, 0.2) is 34.1 Å². The highest BCUT2D eigenvalue weighted by atomic mass is 32.2. The van der Waals surface area contributed by atoms with Crippen molar-refractivity contribution in [2.45, 2.75) is 17.8 Å². The molecule has 0 bridgehead atoms. The summed E-state index contributed by atoms with van der Waals surface area (Å²) >= 11 is 6.14. The average Bonchev–Trinajstić information content (AvgIpc) is 2.69. The second-order valence-electron chi connectivity index (χ2n) is 5.02. The molecule has 28 heavy (non-hydrogen) atoms. The van der Waals surface area contributed by atoms with Crippen LogP contribution in [0.2, 0.25) is 0 Å². The monoisotopic (exact) mass is 445 g/mol. The van der Waals surface area contributed by atoms with Gasteiger partial charge in [-0.25, -0.2) is 18.8 Å². The smallest absolute Gasteiger partial charge is 0.219 e. The fourth-order valence-corrected chi connectivity index (χ4v) is 3.18. The van der Waals surface area contributed by atoms with Gasteiger partial charge in [0, 0.05) is 17.4 Å². The van der Waals surface area contributed by atoms with Crippen LogP contribution >= 0.6 is 36.6 Å². The van der Waals surface area contributed by atoms with E-state index >= 15 is 0 Å². The number of ether oxygens (including phenoxy) is 1. The molecule has 2 aromatic rings. The minimum absolute atomic E-state index is 0.152. The molecule has 7 nitrogen and oxygen atoms in total. The predicted molar refractivity (Wildman–Crippen MR) is 111 cm³/mol. The van der Waals surface area contributed by atoms with E-state index in [2.05, 4.69) is 32.3 Å². The number of thiol groups is 1. The number of nitrogens with zero attached hydrogens (tertiary/aromatic N) is 3. The van der Waals surface area contributed by atoms with Crippen LogP contribution in [0.15, 0.2) is 45.2 Å². The summed E-state index contributed by atoms with van der Waals surface area (Å²) in [6.45, 7) is 1.68. The van der Waals surface area contributed by atoms with E-state index in [1.165, 1.54) is 19.2 Å². The van der Waals surface area contributed by atoms with Crippen LogP contribution in [-0.4, -0.2) is 23.4 Å². The van der Waals surface area contributed by atoms with Gasteiger partial charge in [0.2, 0.25) is 5.88 Å². The number of hydrogen-bond acceptors (Lipinski definition) is 9. The fraction of sp³-hybridized carbons (Fsp3) is 0.188. The molecule has 0 aliphatic heterocycles. The van der Waals surface area contributed by atoms with Crippen LogP contribution in [0.1, 0.15) is 12.5 Å². The molecule has 1 heterocycles. The maximum atomic E-state index is 13.8. The van der Waals surface area contributed by atoms with Gasteiger partial charge in [-0.2, -0.15) is 4.98 Å². The topological polar surface area (TPSA) is 94.6 Å². The molecule has 0 saturated carbocycles. The van der Waals surface area contributed by atoms with Crippen molar-refractivity contribution in [1.82, 2.24) is 9.97 Å². The summed E-state index contributed by atoms with van der Waals surface area (Å²) in [7, 11) is 1.46. The molecule has 12 heteroatoms. The Kier molecular flexibility index (Phi) is 8.67. The van der Waals surface area contributed by atoms with Crippen molar-refractivity contribution >= 4 is 48.8 Å². The van der Waals surface area contributed by atoms with Crippen LogP contribution in [0.3, 0.4) is 0 Å². The normalized spacial score (nSPS) is 12.0. The van der Waals surface area contributed by atoms with E-state index in [1.54, 1.807) is 13.0 Å². The molecular formula is C16H17F2N5O2S3. The fourth-order valence-electron chi connectivity index (χ4n) is 1.76. The lowest BCUT2D eigenvalue weighted by Crippen LogP contribution is -1.99. The van der Waals surface area contributed by atoms with Gasteiger partial charge in [-0.1, -0.05) is 23.9 Å². The van der Waals surface area contributed by atoms with Gasteiger partial charge in [0.1, 0.15) is 5.82 Å². The first-order valence-electron chi connectivity index (χ1n) is 7.67. The lowest BCUT2D eigenvalue weighted by molar-refractivity contribution is 0.393. The van der Waals surface area contributed by atoms with Crippen molar-refractivity contribution in [1.29, 1.82) is 0 Å². The first-order chi connectivity index (χ1) is 13.4. The van der Waals surface area contributed by atoms with Gasteiger partial charge in [-0.05, 0) is 13.0 Å². The molecule has 0 aliphatic rings. The third-order valence-electron chi connectivity index (χ3n) is 3.12. The van der Waals surface area contributed by atoms with Crippen molar-refractivity contribution in [3.8, 4) is 5.88 Å². The molecule has 150 valence electrons. The third-order valence-corrected chi connectivity index (χ3v) is 5.10. The first-order valence-corrected chi connectivity index (χ1v) is 9.84. The van der Waals surface area contributed by atoms with Crippen molar-refractivity contribution in [2.24, 2.45) is 10.7 Å². The molecule has 2 rings (SSSR count). The third kappa shape index (κ3) is 6.46.